The van der Waals surface area contributed by atoms with E-state index in [0.717, 1.165) is 5.69 Å². The van der Waals surface area contributed by atoms with Gasteiger partial charge in [0.15, 0.2) is 0 Å². The van der Waals surface area contributed by atoms with E-state index in [1.54, 1.807) is 6.20 Å². The molecule has 0 spiro atoms. The van der Waals surface area contributed by atoms with Gasteiger partial charge in [0.2, 0.25) is 0 Å². The summed E-state index contributed by atoms with van der Waals surface area (Å²) in [6.45, 7) is 8.69. The largest absolute Gasteiger partial charge is 0.396 e. The Morgan fingerprint density at radius 3 is 2.57 bits per heavy atom. The number of ether oxygens (including phenoxy) is 1. The van der Waals surface area contributed by atoms with Gasteiger partial charge in [-0.2, -0.15) is 5.10 Å². The first-order valence-electron chi connectivity index (χ1n) is 4.95. The zero-order valence-electron chi connectivity index (χ0n) is 9.32. The van der Waals surface area contributed by atoms with Crippen molar-refractivity contribution in [2.75, 3.05) is 5.73 Å². The topological polar surface area (TPSA) is 53.1 Å². The molecule has 2 N–H and O–H groups in total. The molecule has 1 heterocycles. The Bertz CT molecular complexity index is 292. The molecule has 0 aliphatic carbocycles. The summed E-state index contributed by atoms with van der Waals surface area (Å²) >= 11 is 0. The van der Waals surface area contributed by atoms with Crippen molar-refractivity contribution in [1.82, 2.24) is 9.78 Å². The van der Waals surface area contributed by atoms with Gasteiger partial charge in [0.05, 0.1) is 30.3 Å². The van der Waals surface area contributed by atoms with Crippen LogP contribution in [0.1, 0.15) is 39.4 Å². The van der Waals surface area contributed by atoms with Crippen LogP contribution in [0.15, 0.2) is 6.20 Å². The quantitative estimate of drug-likeness (QED) is 0.802. The van der Waals surface area contributed by atoms with Crippen molar-refractivity contribution in [2.24, 2.45) is 0 Å². The highest BCUT2D eigenvalue weighted by atomic mass is 16.5. The fourth-order valence-electron chi connectivity index (χ4n) is 1.24. The van der Waals surface area contributed by atoms with Gasteiger partial charge in [0.1, 0.15) is 0 Å². The minimum atomic E-state index is 0.213. The van der Waals surface area contributed by atoms with E-state index in [1.165, 1.54) is 0 Å². The number of rotatable bonds is 4. The highest BCUT2D eigenvalue weighted by Gasteiger charge is 2.11. The van der Waals surface area contributed by atoms with E-state index in [2.05, 4.69) is 18.9 Å². The molecule has 0 amide bonds. The summed E-state index contributed by atoms with van der Waals surface area (Å²) in [7, 11) is 0. The summed E-state index contributed by atoms with van der Waals surface area (Å²) in [5.74, 6) is 0. The Labute approximate surface area is 85.0 Å². The molecule has 0 bridgehead atoms. The molecule has 4 heteroatoms. The fraction of sp³-hybridized carbons (Fsp3) is 0.700. The monoisotopic (exact) mass is 197 g/mol. The zero-order chi connectivity index (χ0) is 10.7. The zero-order valence-corrected chi connectivity index (χ0v) is 9.32. The Kier molecular flexibility index (Phi) is 3.52. The third-order valence-corrected chi connectivity index (χ3v) is 1.97. The second-order valence-electron chi connectivity index (χ2n) is 3.94. The lowest BCUT2D eigenvalue weighted by atomic mass is 10.3. The molecule has 1 rings (SSSR count). The van der Waals surface area contributed by atoms with Crippen molar-refractivity contribution in [3.8, 4) is 0 Å². The predicted molar refractivity (Wildman–Crippen MR) is 56.9 cm³/mol. The van der Waals surface area contributed by atoms with Gasteiger partial charge < -0.3 is 10.5 Å². The molecule has 1 aromatic rings. The number of nitrogen functional groups attached to an aromatic ring is 1. The van der Waals surface area contributed by atoms with E-state index in [0.29, 0.717) is 18.3 Å². The molecular weight excluding hydrogens is 178 g/mol. The lowest BCUT2D eigenvalue weighted by Gasteiger charge is -2.13. The average molecular weight is 197 g/mol. The lowest BCUT2D eigenvalue weighted by Crippen LogP contribution is -2.12. The fourth-order valence-corrected chi connectivity index (χ4v) is 1.24. The van der Waals surface area contributed by atoms with Crippen molar-refractivity contribution >= 4 is 5.69 Å². The maximum Gasteiger partial charge on any atom is 0.0909 e. The average Bonchev–Trinajstić information content (AvgIpc) is 2.43. The second-order valence-corrected chi connectivity index (χ2v) is 3.94. The van der Waals surface area contributed by atoms with E-state index in [1.807, 2.05) is 18.5 Å². The molecule has 14 heavy (non-hydrogen) atoms. The van der Waals surface area contributed by atoms with E-state index < -0.39 is 0 Å². The van der Waals surface area contributed by atoms with Crippen molar-refractivity contribution in [2.45, 2.75) is 46.4 Å². The number of aromatic nitrogens is 2. The Morgan fingerprint density at radius 1 is 1.43 bits per heavy atom. The SMILES string of the molecule is CC(C)OCc1c(N)cnn1C(C)C. The van der Waals surface area contributed by atoms with Crippen LogP contribution in [-0.2, 0) is 11.3 Å². The standard InChI is InChI=1S/C10H19N3O/c1-7(2)13-10(6-14-8(3)4)9(11)5-12-13/h5,7-8H,6,11H2,1-4H3. The van der Waals surface area contributed by atoms with Gasteiger partial charge in [0, 0.05) is 6.04 Å². The maximum atomic E-state index is 5.80. The van der Waals surface area contributed by atoms with Crippen LogP contribution in [0.5, 0.6) is 0 Å². The Balaban J connectivity index is 2.77. The van der Waals surface area contributed by atoms with E-state index in [4.69, 9.17) is 10.5 Å². The summed E-state index contributed by atoms with van der Waals surface area (Å²) in [6.07, 6.45) is 1.89. The van der Waals surface area contributed by atoms with Crippen molar-refractivity contribution in [1.29, 1.82) is 0 Å². The third-order valence-electron chi connectivity index (χ3n) is 1.97. The van der Waals surface area contributed by atoms with Gasteiger partial charge in [0.25, 0.3) is 0 Å². The first kappa shape index (κ1) is 11.0. The summed E-state index contributed by atoms with van der Waals surface area (Å²) < 4.78 is 7.42. The molecule has 0 radical (unpaired) electrons. The van der Waals surface area contributed by atoms with Crippen LogP contribution in [0.4, 0.5) is 5.69 Å². The molecule has 1 aromatic heterocycles. The van der Waals surface area contributed by atoms with E-state index >= 15 is 0 Å². The van der Waals surface area contributed by atoms with E-state index in [-0.39, 0.29) is 6.10 Å². The van der Waals surface area contributed by atoms with Gasteiger partial charge in [-0.25, -0.2) is 0 Å². The lowest BCUT2D eigenvalue weighted by molar-refractivity contribution is 0.0609. The van der Waals surface area contributed by atoms with Crippen molar-refractivity contribution in [3.05, 3.63) is 11.9 Å². The smallest absolute Gasteiger partial charge is 0.0909 e. The summed E-state index contributed by atoms with van der Waals surface area (Å²) in [5, 5.41) is 4.20. The van der Waals surface area contributed by atoms with Crippen LogP contribution < -0.4 is 5.73 Å². The number of nitrogens with two attached hydrogens (primary N) is 1. The van der Waals surface area contributed by atoms with Gasteiger partial charge in [-0.15, -0.1) is 0 Å². The summed E-state index contributed by atoms with van der Waals surface area (Å²) in [6, 6.07) is 0.318. The molecule has 0 saturated heterocycles. The molecule has 80 valence electrons. The molecule has 0 aromatic carbocycles. The molecule has 0 saturated carbocycles. The summed E-state index contributed by atoms with van der Waals surface area (Å²) in [5.41, 5.74) is 7.48. The number of hydrogen-bond donors (Lipinski definition) is 1. The molecule has 0 aliphatic rings. The minimum Gasteiger partial charge on any atom is -0.396 e. The van der Waals surface area contributed by atoms with Crippen LogP contribution in [-0.4, -0.2) is 15.9 Å². The molecular formula is C10H19N3O. The maximum absolute atomic E-state index is 5.80. The Morgan fingerprint density at radius 2 is 2.07 bits per heavy atom. The molecule has 4 nitrogen and oxygen atoms in total. The third kappa shape index (κ3) is 2.48. The minimum absolute atomic E-state index is 0.213. The number of hydrogen-bond acceptors (Lipinski definition) is 3. The van der Waals surface area contributed by atoms with E-state index in [9.17, 15) is 0 Å². The molecule has 0 unspecified atom stereocenters. The van der Waals surface area contributed by atoms with Gasteiger partial charge in [-0.3, -0.25) is 4.68 Å². The van der Waals surface area contributed by atoms with Crippen LogP contribution in [0, 0.1) is 0 Å². The molecule has 0 atom stereocenters. The van der Waals surface area contributed by atoms with Crippen LogP contribution in [0.2, 0.25) is 0 Å². The van der Waals surface area contributed by atoms with Crippen LogP contribution in [0.3, 0.4) is 0 Å². The van der Waals surface area contributed by atoms with Crippen molar-refractivity contribution < 1.29 is 4.74 Å². The van der Waals surface area contributed by atoms with Crippen molar-refractivity contribution in [3.63, 3.8) is 0 Å². The highest BCUT2D eigenvalue weighted by molar-refractivity contribution is 5.40. The first-order chi connectivity index (χ1) is 6.52. The Hall–Kier alpha value is -1.03. The van der Waals surface area contributed by atoms with Gasteiger partial charge in [-0.1, -0.05) is 0 Å². The highest BCUT2D eigenvalue weighted by Crippen LogP contribution is 2.17. The molecule has 0 fully saturated rings. The number of anilines is 1. The summed E-state index contributed by atoms with van der Waals surface area (Å²) in [4.78, 5) is 0. The first-order valence-corrected chi connectivity index (χ1v) is 4.95. The normalized spacial score (nSPS) is 11.6. The van der Waals surface area contributed by atoms with Crippen LogP contribution in [0.25, 0.3) is 0 Å². The predicted octanol–water partition coefficient (Wildman–Crippen LogP) is 1.97. The number of nitrogens with zero attached hydrogens (tertiary/aromatic N) is 2. The molecule has 0 aliphatic heterocycles. The van der Waals surface area contributed by atoms with Crippen LogP contribution >= 0.6 is 0 Å². The van der Waals surface area contributed by atoms with Gasteiger partial charge >= 0.3 is 0 Å². The second kappa shape index (κ2) is 4.46. The van der Waals surface area contributed by atoms with Gasteiger partial charge in [-0.05, 0) is 27.7 Å².